The van der Waals surface area contributed by atoms with Gasteiger partial charge in [0.2, 0.25) is 11.8 Å². The summed E-state index contributed by atoms with van der Waals surface area (Å²) in [5.74, 6) is -0.125. The Labute approximate surface area is 121 Å². The first kappa shape index (κ1) is 16.9. The summed E-state index contributed by atoms with van der Waals surface area (Å²) < 4.78 is 0. The Morgan fingerprint density at radius 3 is 2.30 bits per heavy atom. The molecule has 0 saturated carbocycles. The van der Waals surface area contributed by atoms with Crippen LogP contribution in [0.2, 0.25) is 0 Å². The summed E-state index contributed by atoms with van der Waals surface area (Å²) in [6.45, 7) is 10.0. The zero-order valence-corrected chi connectivity index (χ0v) is 13.3. The third kappa shape index (κ3) is 3.90. The van der Waals surface area contributed by atoms with E-state index in [2.05, 4.69) is 13.8 Å². The Morgan fingerprint density at radius 1 is 1.25 bits per heavy atom. The molecule has 1 heterocycles. The highest BCUT2D eigenvalue weighted by Gasteiger charge is 2.40. The number of Topliss-reactive ketones (excluding diaryl/α,β-unsaturated/α-hetero) is 1. The van der Waals surface area contributed by atoms with Crippen molar-refractivity contribution in [1.82, 2.24) is 4.90 Å². The molecule has 2 amide bonds. The molecule has 0 aromatic rings. The number of hydrogen-bond donors (Lipinski definition) is 0. The van der Waals surface area contributed by atoms with Crippen LogP contribution in [0.15, 0.2) is 0 Å². The van der Waals surface area contributed by atoms with Crippen molar-refractivity contribution in [3.8, 4) is 0 Å². The maximum atomic E-state index is 12.3. The number of imide groups is 1. The van der Waals surface area contributed by atoms with Gasteiger partial charge in [0.25, 0.3) is 0 Å². The van der Waals surface area contributed by atoms with Crippen LogP contribution in [0, 0.1) is 23.7 Å². The second-order valence-electron chi connectivity index (χ2n) is 6.54. The Balaban J connectivity index is 2.73. The number of amides is 2. The van der Waals surface area contributed by atoms with Gasteiger partial charge in [0.05, 0.1) is 0 Å². The smallest absolute Gasteiger partial charge is 0.232 e. The Morgan fingerprint density at radius 2 is 1.85 bits per heavy atom. The van der Waals surface area contributed by atoms with E-state index in [1.54, 1.807) is 0 Å². The average molecular weight is 281 g/mol. The van der Waals surface area contributed by atoms with E-state index in [-0.39, 0.29) is 41.9 Å². The molecule has 0 aromatic heterocycles. The van der Waals surface area contributed by atoms with Crippen molar-refractivity contribution in [2.24, 2.45) is 23.7 Å². The Bertz CT molecular complexity index is 387. The molecule has 0 spiro atoms. The lowest BCUT2D eigenvalue weighted by Gasteiger charge is -2.22. The van der Waals surface area contributed by atoms with Crippen molar-refractivity contribution in [3.05, 3.63) is 0 Å². The lowest BCUT2D eigenvalue weighted by atomic mass is 9.92. The van der Waals surface area contributed by atoms with Gasteiger partial charge in [-0.15, -0.1) is 0 Å². The molecule has 1 saturated heterocycles. The third-order valence-electron chi connectivity index (χ3n) is 3.96. The first-order valence-electron chi connectivity index (χ1n) is 7.65. The van der Waals surface area contributed by atoms with E-state index >= 15 is 0 Å². The first-order valence-corrected chi connectivity index (χ1v) is 7.65. The van der Waals surface area contributed by atoms with Gasteiger partial charge in [-0.05, 0) is 18.8 Å². The molecule has 1 fully saturated rings. The van der Waals surface area contributed by atoms with E-state index in [1.807, 2.05) is 20.8 Å². The van der Waals surface area contributed by atoms with Gasteiger partial charge < -0.3 is 0 Å². The van der Waals surface area contributed by atoms with Crippen LogP contribution in [0.4, 0.5) is 0 Å². The molecular formula is C16H27NO3. The van der Waals surface area contributed by atoms with Crippen LogP contribution < -0.4 is 0 Å². The predicted molar refractivity (Wildman–Crippen MR) is 77.9 cm³/mol. The van der Waals surface area contributed by atoms with Crippen molar-refractivity contribution in [2.75, 3.05) is 6.54 Å². The average Bonchev–Trinajstić information content (AvgIpc) is 2.60. The number of carbonyl (C=O) groups is 3. The fraction of sp³-hybridized carbons (Fsp3) is 0.812. The van der Waals surface area contributed by atoms with Crippen molar-refractivity contribution in [2.45, 2.75) is 53.9 Å². The minimum atomic E-state index is -0.222. The molecule has 0 aliphatic carbocycles. The monoisotopic (exact) mass is 281 g/mol. The highest BCUT2D eigenvalue weighted by Crippen LogP contribution is 2.27. The topological polar surface area (TPSA) is 54.5 Å². The van der Waals surface area contributed by atoms with E-state index in [1.165, 1.54) is 4.90 Å². The summed E-state index contributed by atoms with van der Waals surface area (Å²) in [5, 5.41) is 0. The normalized spacial score (nSPS) is 21.1. The van der Waals surface area contributed by atoms with Gasteiger partial charge in [0.1, 0.15) is 5.78 Å². The van der Waals surface area contributed by atoms with Crippen LogP contribution >= 0.6 is 0 Å². The number of hydrogen-bond acceptors (Lipinski definition) is 3. The summed E-state index contributed by atoms with van der Waals surface area (Å²) in [6.07, 6.45) is 1.72. The highest BCUT2D eigenvalue weighted by molar-refractivity contribution is 6.03. The third-order valence-corrected chi connectivity index (χ3v) is 3.96. The lowest BCUT2D eigenvalue weighted by Crippen LogP contribution is -2.38. The van der Waals surface area contributed by atoms with Crippen LogP contribution in [-0.4, -0.2) is 29.0 Å². The zero-order valence-electron chi connectivity index (χ0n) is 13.3. The number of rotatable bonds is 7. The van der Waals surface area contributed by atoms with Gasteiger partial charge in [0.15, 0.2) is 0 Å². The molecule has 0 aromatic carbocycles. The molecule has 4 heteroatoms. The number of likely N-dealkylation sites (tertiary alicyclic amines) is 1. The van der Waals surface area contributed by atoms with E-state index < -0.39 is 0 Å². The van der Waals surface area contributed by atoms with Gasteiger partial charge in [-0.3, -0.25) is 19.3 Å². The molecule has 4 nitrogen and oxygen atoms in total. The number of nitrogens with zero attached hydrogens (tertiary/aromatic N) is 1. The maximum Gasteiger partial charge on any atom is 0.232 e. The highest BCUT2D eigenvalue weighted by atomic mass is 16.2. The minimum Gasteiger partial charge on any atom is -0.299 e. The fourth-order valence-electron chi connectivity index (χ4n) is 2.81. The van der Waals surface area contributed by atoms with Gasteiger partial charge >= 0.3 is 0 Å². The SMILES string of the molecule is CCC(CN1C(=O)CC(CC(C)C)C1=O)C(=O)C(C)C. The molecule has 0 radical (unpaired) electrons. The largest absolute Gasteiger partial charge is 0.299 e. The van der Waals surface area contributed by atoms with Gasteiger partial charge in [0, 0.05) is 30.7 Å². The summed E-state index contributed by atoms with van der Waals surface area (Å²) in [7, 11) is 0. The summed E-state index contributed by atoms with van der Waals surface area (Å²) in [4.78, 5) is 37.7. The fourth-order valence-corrected chi connectivity index (χ4v) is 2.81. The summed E-state index contributed by atoms with van der Waals surface area (Å²) in [6, 6.07) is 0. The minimum absolute atomic E-state index is 0.0563. The maximum absolute atomic E-state index is 12.3. The van der Waals surface area contributed by atoms with E-state index in [0.29, 0.717) is 18.8 Å². The lowest BCUT2D eigenvalue weighted by molar-refractivity contribution is -0.141. The quantitative estimate of drug-likeness (QED) is 0.674. The zero-order chi connectivity index (χ0) is 15.4. The molecule has 1 aliphatic rings. The molecular weight excluding hydrogens is 254 g/mol. The van der Waals surface area contributed by atoms with Crippen LogP contribution in [-0.2, 0) is 14.4 Å². The molecule has 2 atom stereocenters. The van der Waals surface area contributed by atoms with E-state index in [4.69, 9.17) is 0 Å². The number of ketones is 1. The first-order chi connectivity index (χ1) is 9.27. The second kappa shape index (κ2) is 7.00. The molecule has 1 aliphatic heterocycles. The van der Waals surface area contributed by atoms with Crippen molar-refractivity contribution in [1.29, 1.82) is 0 Å². The van der Waals surface area contributed by atoms with Crippen molar-refractivity contribution >= 4 is 17.6 Å². The Kier molecular flexibility index (Phi) is 5.90. The van der Waals surface area contributed by atoms with E-state index in [9.17, 15) is 14.4 Å². The van der Waals surface area contributed by atoms with Gasteiger partial charge in [-0.2, -0.15) is 0 Å². The van der Waals surface area contributed by atoms with Crippen molar-refractivity contribution in [3.63, 3.8) is 0 Å². The standard InChI is InChI=1S/C16H27NO3/c1-6-12(15(19)11(4)5)9-17-14(18)8-13(16(17)20)7-10(2)3/h10-13H,6-9H2,1-5H3. The molecule has 1 rings (SSSR count). The van der Waals surface area contributed by atoms with Crippen LogP contribution in [0.3, 0.4) is 0 Å². The van der Waals surface area contributed by atoms with E-state index in [0.717, 1.165) is 6.42 Å². The van der Waals surface area contributed by atoms with Crippen LogP contribution in [0.1, 0.15) is 53.9 Å². The van der Waals surface area contributed by atoms with Gasteiger partial charge in [-0.25, -0.2) is 0 Å². The molecule has 114 valence electrons. The van der Waals surface area contributed by atoms with Gasteiger partial charge in [-0.1, -0.05) is 34.6 Å². The van der Waals surface area contributed by atoms with Crippen LogP contribution in [0.5, 0.6) is 0 Å². The predicted octanol–water partition coefficient (Wildman–Crippen LogP) is 2.66. The second-order valence-corrected chi connectivity index (χ2v) is 6.54. The molecule has 2 unspecified atom stereocenters. The van der Waals surface area contributed by atoms with Crippen LogP contribution in [0.25, 0.3) is 0 Å². The molecule has 20 heavy (non-hydrogen) atoms. The molecule has 0 N–H and O–H groups in total. The van der Waals surface area contributed by atoms with Crippen molar-refractivity contribution < 1.29 is 14.4 Å². The molecule has 0 bridgehead atoms. The number of carbonyl (C=O) groups excluding carboxylic acids is 3. The summed E-state index contributed by atoms with van der Waals surface area (Å²) in [5.41, 5.74) is 0. The summed E-state index contributed by atoms with van der Waals surface area (Å²) >= 11 is 0. The Hall–Kier alpha value is -1.19.